The van der Waals surface area contributed by atoms with Gasteiger partial charge in [-0.1, -0.05) is 36.4 Å². The van der Waals surface area contributed by atoms with Crippen molar-refractivity contribution in [2.24, 2.45) is 0 Å². The summed E-state index contributed by atoms with van der Waals surface area (Å²) in [5, 5.41) is 33.7. The van der Waals surface area contributed by atoms with Gasteiger partial charge in [-0.2, -0.15) is 5.26 Å². The number of ether oxygens (including phenoxy) is 1. The van der Waals surface area contributed by atoms with Gasteiger partial charge in [0, 0.05) is 18.2 Å². The Labute approximate surface area is 164 Å². The van der Waals surface area contributed by atoms with E-state index in [1.165, 1.54) is 23.8 Å². The third-order valence-corrected chi connectivity index (χ3v) is 4.44. The number of β-amino-alcohol motifs (C(OH)–C–C–N with tert-alkyl or cyclic N) is 1. The van der Waals surface area contributed by atoms with Crippen LogP contribution < -0.4 is 10.1 Å². The Bertz CT molecular complexity index is 831. The predicted molar refractivity (Wildman–Crippen MR) is 106 cm³/mol. The molecule has 0 fully saturated rings. The molecule has 0 amide bonds. The van der Waals surface area contributed by atoms with Crippen LogP contribution in [0.15, 0.2) is 48.5 Å². The monoisotopic (exact) mass is 383 g/mol. The van der Waals surface area contributed by atoms with Crippen LogP contribution in [0.2, 0.25) is 0 Å². The summed E-state index contributed by atoms with van der Waals surface area (Å²) in [7, 11) is 0. The lowest BCUT2D eigenvalue weighted by Crippen LogP contribution is -2.45. The van der Waals surface area contributed by atoms with E-state index >= 15 is 0 Å². The van der Waals surface area contributed by atoms with E-state index in [4.69, 9.17) is 10.00 Å². The van der Waals surface area contributed by atoms with Crippen LogP contribution >= 0.6 is 0 Å². The average Bonchev–Trinajstić information content (AvgIpc) is 2.69. The highest BCUT2D eigenvalue weighted by atomic mass is 16.6. The molecule has 0 radical (unpaired) electrons. The minimum absolute atomic E-state index is 0.0718. The molecule has 0 aromatic heterocycles. The zero-order valence-corrected chi connectivity index (χ0v) is 16.1. The Kier molecular flexibility index (Phi) is 7.50. The number of nitro benzene ring substituents is 1. The summed E-state index contributed by atoms with van der Waals surface area (Å²) in [6, 6.07) is 16.2. The number of nitrogens with one attached hydrogen (secondary N) is 1. The Morgan fingerprint density at radius 2 is 1.96 bits per heavy atom. The lowest BCUT2D eigenvalue weighted by atomic mass is 9.95. The number of nitro groups is 1. The van der Waals surface area contributed by atoms with E-state index in [1.54, 1.807) is 6.07 Å². The van der Waals surface area contributed by atoms with Crippen LogP contribution in [0.4, 0.5) is 5.69 Å². The van der Waals surface area contributed by atoms with Crippen molar-refractivity contribution in [3.8, 4) is 11.8 Å². The first-order valence-corrected chi connectivity index (χ1v) is 9.10. The fourth-order valence-corrected chi connectivity index (χ4v) is 2.73. The Balaban J connectivity index is 1.84. The van der Waals surface area contributed by atoms with E-state index < -0.39 is 11.0 Å². The number of aliphatic hydroxyl groups excluding tert-OH is 1. The molecule has 0 heterocycles. The minimum Gasteiger partial charge on any atom is -0.489 e. The second-order valence-corrected chi connectivity index (χ2v) is 7.23. The lowest BCUT2D eigenvalue weighted by molar-refractivity contribution is -0.385. The molecule has 1 unspecified atom stereocenters. The summed E-state index contributed by atoms with van der Waals surface area (Å²) in [6.07, 6.45) is 1.00. The third kappa shape index (κ3) is 6.34. The van der Waals surface area contributed by atoms with Crippen molar-refractivity contribution in [2.45, 2.75) is 38.3 Å². The van der Waals surface area contributed by atoms with Crippen molar-refractivity contribution >= 4 is 5.69 Å². The number of aryl methyl sites for hydroxylation is 1. The van der Waals surface area contributed by atoms with Gasteiger partial charge in [0.05, 0.1) is 4.92 Å². The SMILES string of the molecule is CC(C)(CCc1ccccc1)NCC(O)COc1cccc([N+](=O)[O-])c1C#N. The van der Waals surface area contributed by atoms with Crippen molar-refractivity contribution in [1.82, 2.24) is 5.32 Å². The molecule has 7 nitrogen and oxygen atoms in total. The fourth-order valence-electron chi connectivity index (χ4n) is 2.73. The van der Waals surface area contributed by atoms with Gasteiger partial charge in [0.15, 0.2) is 5.56 Å². The van der Waals surface area contributed by atoms with Gasteiger partial charge in [-0.05, 0) is 38.3 Å². The van der Waals surface area contributed by atoms with E-state index in [0.29, 0.717) is 6.54 Å². The molecule has 7 heteroatoms. The molecule has 0 aliphatic rings. The molecule has 0 bridgehead atoms. The molecule has 2 aromatic rings. The van der Waals surface area contributed by atoms with E-state index in [9.17, 15) is 15.2 Å². The number of nitriles is 1. The Morgan fingerprint density at radius 3 is 2.61 bits per heavy atom. The van der Waals surface area contributed by atoms with Crippen molar-refractivity contribution in [3.05, 3.63) is 69.8 Å². The summed E-state index contributed by atoms with van der Waals surface area (Å²) < 4.78 is 5.46. The van der Waals surface area contributed by atoms with E-state index in [-0.39, 0.29) is 29.1 Å². The summed E-state index contributed by atoms with van der Waals surface area (Å²) in [4.78, 5) is 10.4. The molecule has 0 saturated heterocycles. The van der Waals surface area contributed by atoms with Crippen molar-refractivity contribution in [1.29, 1.82) is 5.26 Å². The van der Waals surface area contributed by atoms with E-state index in [1.807, 2.05) is 18.2 Å². The summed E-state index contributed by atoms with van der Waals surface area (Å²) in [5.41, 5.74) is 0.627. The fraction of sp³-hybridized carbons (Fsp3) is 0.381. The molecule has 1 atom stereocenters. The Morgan fingerprint density at radius 1 is 1.25 bits per heavy atom. The van der Waals surface area contributed by atoms with E-state index in [0.717, 1.165) is 12.8 Å². The minimum atomic E-state index is -0.818. The smallest absolute Gasteiger partial charge is 0.290 e. The van der Waals surface area contributed by atoms with Gasteiger partial charge in [0.25, 0.3) is 5.69 Å². The molecular weight excluding hydrogens is 358 g/mol. The molecular formula is C21H25N3O4. The van der Waals surface area contributed by atoms with Crippen LogP contribution in [0.3, 0.4) is 0 Å². The average molecular weight is 383 g/mol. The maximum atomic E-state index is 11.0. The molecule has 0 saturated carbocycles. The zero-order valence-electron chi connectivity index (χ0n) is 16.1. The van der Waals surface area contributed by atoms with Crippen LogP contribution in [0.5, 0.6) is 5.75 Å². The van der Waals surface area contributed by atoms with Crippen molar-refractivity contribution in [3.63, 3.8) is 0 Å². The summed E-state index contributed by atoms with van der Waals surface area (Å²) in [5.74, 6) is 0.0964. The standard InChI is InChI=1S/C21H25N3O4/c1-21(2,12-11-16-7-4-3-5-8-16)23-14-17(25)15-28-20-10-6-9-19(24(26)27)18(20)13-22/h3-10,17,23,25H,11-12,14-15H2,1-2H3. The van der Waals surface area contributed by atoms with Crippen LogP contribution in [0.1, 0.15) is 31.4 Å². The van der Waals surface area contributed by atoms with Gasteiger partial charge in [-0.25, -0.2) is 0 Å². The second-order valence-electron chi connectivity index (χ2n) is 7.23. The molecule has 0 aliphatic carbocycles. The molecule has 0 aliphatic heterocycles. The van der Waals surface area contributed by atoms with Gasteiger partial charge in [-0.3, -0.25) is 10.1 Å². The number of aliphatic hydroxyl groups is 1. The Hall–Kier alpha value is -2.95. The maximum Gasteiger partial charge on any atom is 0.290 e. The summed E-state index contributed by atoms with van der Waals surface area (Å²) >= 11 is 0. The highest BCUT2D eigenvalue weighted by Crippen LogP contribution is 2.27. The predicted octanol–water partition coefficient (Wildman–Crippen LogP) is 3.21. The number of benzene rings is 2. The van der Waals surface area contributed by atoms with Crippen molar-refractivity contribution < 1.29 is 14.8 Å². The zero-order chi connectivity index (χ0) is 20.6. The first-order chi connectivity index (χ1) is 13.3. The van der Waals surface area contributed by atoms with Crippen LogP contribution in [-0.4, -0.2) is 34.8 Å². The molecule has 28 heavy (non-hydrogen) atoms. The molecule has 2 rings (SSSR count). The van der Waals surface area contributed by atoms with Crippen LogP contribution in [0.25, 0.3) is 0 Å². The van der Waals surface area contributed by atoms with Gasteiger partial charge in [0.2, 0.25) is 0 Å². The molecule has 0 spiro atoms. The maximum absolute atomic E-state index is 11.0. The molecule has 2 N–H and O–H groups in total. The molecule has 2 aromatic carbocycles. The highest BCUT2D eigenvalue weighted by Gasteiger charge is 2.21. The lowest BCUT2D eigenvalue weighted by Gasteiger charge is -2.28. The van der Waals surface area contributed by atoms with Gasteiger partial charge >= 0.3 is 0 Å². The van der Waals surface area contributed by atoms with Crippen molar-refractivity contribution in [2.75, 3.05) is 13.2 Å². The number of hydrogen-bond donors (Lipinski definition) is 2. The van der Waals surface area contributed by atoms with Crippen LogP contribution in [-0.2, 0) is 6.42 Å². The van der Waals surface area contributed by atoms with Gasteiger partial charge in [-0.15, -0.1) is 0 Å². The van der Waals surface area contributed by atoms with E-state index in [2.05, 4.69) is 31.3 Å². The third-order valence-electron chi connectivity index (χ3n) is 4.44. The van der Waals surface area contributed by atoms with Crippen LogP contribution in [0, 0.1) is 21.4 Å². The topological polar surface area (TPSA) is 108 Å². The second kappa shape index (κ2) is 9.83. The number of hydrogen-bond acceptors (Lipinski definition) is 6. The number of nitrogens with zero attached hydrogens (tertiary/aromatic N) is 2. The first kappa shape index (κ1) is 21.4. The first-order valence-electron chi connectivity index (χ1n) is 9.10. The largest absolute Gasteiger partial charge is 0.489 e. The summed E-state index contributed by atoms with van der Waals surface area (Å²) in [6.45, 7) is 4.37. The highest BCUT2D eigenvalue weighted by molar-refractivity contribution is 5.56. The van der Waals surface area contributed by atoms with Gasteiger partial charge < -0.3 is 15.2 Å². The number of rotatable bonds is 10. The molecule has 148 valence electrons. The van der Waals surface area contributed by atoms with Gasteiger partial charge in [0.1, 0.15) is 24.5 Å². The quantitative estimate of drug-likeness (QED) is 0.482. The normalized spacial score (nSPS) is 12.2.